The molecule has 3 nitrogen and oxygen atoms in total. The van der Waals surface area contributed by atoms with Gasteiger partial charge < -0.3 is 5.32 Å². The summed E-state index contributed by atoms with van der Waals surface area (Å²) in [5.74, 6) is 1.10. The van der Waals surface area contributed by atoms with Crippen molar-refractivity contribution < 1.29 is 0 Å². The van der Waals surface area contributed by atoms with E-state index in [2.05, 4.69) is 41.2 Å². The largest absolute Gasteiger partial charge is 0.370 e. The molecule has 0 spiro atoms. The molecule has 0 bridgehead atoms. The third kappa shape index (κ3) is 3.95. The Kier molecular flexibility index (Phi) is 6.31. The zero-order chi connectivity index (χ0) is 14.2. The molecule has 1 aromatic heterocycles. The first-order valence-electron chi connectivity index (χ1n) is 8.29. The van der Waals surface area contributed by atoms with Crippen LogP contribution in [0.25, 0.3) is 0 Å². The van der Waals surface area contributed by atoms with Crippen molar-refractivity contribution in [3.8, 4) is 0 Å². The Hall–Kier alpha value is -1.09. The van der Waals surface area contributed by atoms with Gasteiger partial charge in [-0.05, 0) is 44.8 Å². The van der Waals surface area contributed by atoms with Crippen LogP contribution < -0.4 is 5.32 Å². The molecule has 1 aromatic rings. The van der Waals surface area contributed by atoms with E-state index in [4.69, 9.17) is 0 Å². The van der Waals surface area contributed by atoms with Crippen LogP contribution in [0.1, 0.15) is 64.0 Å². The van der Waals surface area contributed by atoms with Gasteiger partial charge in [0.2, 0.25) is 0 Å². The van der Waals surface area contributed by atoms with Gasteiger partial charge in [-0.15, -0.1) is 0 Å². The summed E-state index contributed by atoms with van der Waals surface area (Å²) in [7, 11) is 0. The van der Waals surface area contributed by atoms with Gasteiger partial charge in [0, 0.05) is 24.3 Å². The molecule has 3 heteroatoms. The molecule has 1 saturated heterocycles. The molecule has 0 radical (unpaired) electrons. The van der Waals surface area contributed by atoms with Crippen molar-refractivity contribution in [1.82, 2.24) is 9.88 Å². The van der Waals surface area contributed by atoms with E-state index in [1.54, 1.807) is 0 Å². The number of aromatic nitrogens is 1. The Morgan fingerprint density at radius 1 is 1.30 bits per heavy atom. The topological polar surface area (TPSA) is 28.2 Å². The minimum atomic E-state index is 0.559. The highest BCUT2D eigenvalue weighted by molar-refractivity contribution is 5.45. The van der Waals surface area contributed by atoms with Gasteiger partial charge in [0.1, 0.15) is 5.82 Å². The van der Waals surface area contributed by atoms with Crippen LogP contribution in [0.3, 0.4) is 0 Å². The van der Waals surface area contributed by atoms with Crippen molar-refractivity contribution in [1.29, 1.82) is 0 Å². The second-order valence-corrected chi connectivity index (χ2v) is 5.77. The Morgan fingerprint density at radius 2 is 2.20 bits per heavy atom. The molecule has 1 aliphatic rings. The zero-order valence-electron chi connectivity index (χ0n) is 13.1. The maximum atomic E-state index is 4.57. The van der Waals surface area contributed by atoms with Gasteiger partial charge >= 0.3 is 0 Å². The predicted molar refractivity (Wildman–Crippen MR) is 86.1 cm³/mol. The van der Waals surface area contributed by atoms with Crippen LogP contribution in [0.5, 0.6) is 0 Å². The fraction of sp³-hybridized carbons (Fsp3) is 0.706. The number of hydrogen-bond donors (Lipinski definition) is 1. The van der Waals surface area contributed by atoms with E-state index in [0.717, 1.165) is 18.8 Å². The summed E-state index contributed by atoms with van der Waals surface area (Å²) < 4.78 is 0. The van der Waals surface area contributed by atoms with Crippen LogP contribution in [0.2, 0.25) is 0 Å². The minimum Gasteiger partial charge on any atom is -0.370 e. The number of piperidine rings is 1. The lowest BCUT2D eigenvalue weighted by Crippen LogP contribution is -2.34. The number of rotatable bonds is 7. The van der Waals surface area contributed by atoms with E-state index in [-0.39, 0.29) is 0 Å². The van der Waals surface area contributed by atoms with E-state index in [1.807, 2.05) is 6.20 Å². The molecule has 1 N–H and O–H groups in total. The lowest BCUT2D eigenvalue weighted by atomic mass is 9.95. The lowest BCUT2D eigenvalue weighted by Gasteiger charge is -2.36. The Balaban J connectivity index is 2.14. The second-order valence-electron chi connectivity index (χ2n) is 5.77. The highest BCUT2D eigenvalue weighted by atomic mass is 15.2. The van der Waals surface area contributed by atoms with Gasteiger partial charge in [0.15, 0.2) is 0 Å². The number of nitrogens with one attached hydrogen (secondary N) is 1. The predicted octanol–water partition coefficient (Wildman–Crippen LogP) is 4.23. The van der Waals surface area contributed by atoms with Crippen LogP contribution in [-0.2, 0) is 0 Å². The highest BCUT2D eigenvalue weighted by Gasteiger charge is 2.25. The van der Waals surface area contributed by atoms with Gasteiger partial charge in [-0.25, -0.2) is 4.98 Å². The molecule has 0 amide bonds. The lowest BCUT2D eigenvalue weighted by molar-refractivity contribution is 0.147. The van der Waals surface area contributed by atoms with Crippen molar-refractivity contribution in [2.45, 2.75) is 58.4 Å². The third-order valence-electron chi connectivity index (χ3n) is 4.15. The van der Waals surface area contributed by atoms with Crippen molar-refractivity contribution in [3.05, 3.63) is 23.9 Å². The van der Waals surface area contributed by atoms with Gasteiger partial charge in [-0.2, -0.15) is 0 Å². The maximum absolute atomic E-state index is 4.57. The molecule has 20 heavy (non-hydrogen) atoms. The van der Waals surface area contributed by atoms with E-state index in [9.17, 15) is 0 Å². The van der Waals surface area contributed by atoms with E-state index in [1.165, 1.54) is 50.8 Å². The second kappa shape index (κ2) is 8.25. The summed E-state index contributed by atoms with van der Waals surface area (Å²) in [6.45, 7) is 7.95. The summed E-state index contributed by atoms with van der Waals surface area (Å²) in [6.07, 6.45) is 9.58. The van der Waals surface area contributed by atoms with E-state index < -0.39 is 0 Å². The summed E-state index contributed by atoms with van der Waals surface area (Å²) in [5, 5.41) is 3.50. The Labute approximate surface area is 123 Å². The van der Waals surface area contributed by atoms with Crippen molar-refractivity contribution >= 4 is 5.82 Å². The van der Waals surface area contributed by atoms with E-state index >= 15 is 0 Å². The molecule has 0 unspecified atom stereocenters. The molecule has 112 valence electrons. The molecule has 1 aliphatic heterocycles. The van der Waals surface area contributed by atoms with Gasteiger partial charge in [-0.3, -0.25) is 4.90 Å². The molecule has 1 atom stereocenters. The van der Waals surface area contributed by atoms with Crippen LogP contribution in [0, 0.1) is 0 Å². The smallest absolute Gasteiger partial charge is 0.130 e. The molecule has 0 aliphatic carbocycles. The van der Waals surface area contributed by atoms with E-state index in [0.29, 0.717) is 6.04 Å². The number of hydrogen-bond acceptors (Lipinski definition) is 3. The number of likely N-dealkylation sites (tertiary alicyclic amines) is 1. The van der Waals surface area contributed by atoms with Gasteiger partial charge in [0.25, 0.3) is 0 Å². The normalized spacial score (nSPS) is 20.0. The molecule has 1 fully saturated rings. The Morgan fingerprint density at radius 3 is 3.00 bits per heavy atom. The van der Waals surface area contributed by atoms with Gasteiger partial charge in [0.05, 0.1) is 0 Å². The molecule has 2 rings (SSSR count). The fourth-order valence-electron chi connectivity index (χ4n) is 3.05. The molecular formula is C17H29N3. The first-order valence-corrected chi connectivity index (χ1v) is 8.29. The number of pyridine rings is 1. The van der Waals surface area contributed by atoms with Crippen LogP contribution in [0.15, 0.2) is 18.3 Å². The summed E-state index contributed by atoms with van der Waals surface area (Å²) in [6, 6.07) is 4.90. The molecule has 2 heterocycles. The molecular weight excluding hydrogens is 246 g/mol. The fourth-order valence-corrected chi connectivity index (χ4v) is 3.05. The van der Waals surface area contributed by atoms with Crippen molar-refractivity contribution in [3.63, 3.8) is 0 Å². The van der Waals surface area contributed by atoms with Crippen molar-refractivity contribution in [2.24, 2.45) is 0 Å². The highest BCUT2D eigenvalue weighted by Crippen LogP contribution is 2.34. The minimum absolute atomic E-state index is 0.559. The molecule has 0 saturated carbocycles. The number of anilines is 1. The average molecular weight is 275 g/mol. The first kappa shape index (κ1) is 15.3. The maximum Gasteiger partial charge on any atom is 0.130 e. The monoisotopic (exact) mass is 275 g/mol. The van der Waals surface area contributed by atoms with Crippen LogP contribution >= 0.6 is 0 Å². The summed E-state index contributed by atoms with van der Waals surface area (Å²) in [5.41, 5.74) is 1.40. The van der Waals surface area contributed by atoms with Crippen LogP contribution in [0.4, 0.5) is 5.82 Å². The number of unbranched alkanes of at least 4 members (excludes halogenated alkanes) is 1. The van der Waals surface area contributed by atoms with Crippen molar-refractivity contribution in [2.75, 3.05) is 25.0 Å². The summed E-state index contributed by atoms with van der Waals surface area (Å²) >= 11 is 0. The quantitative estimate of drug-likeness (QED) is 0.807. The summed E-state index contributed by atoms with van der Waals surface area (Å²) in [4.78, 5) is 7.24. The first-order chi connectivity index (χ1) is 9.86. The third-order valence-corrected chi connectivity index (χ3v) is 4.15. The van der Waals surface area contributed by atoms with Crippen LogP contribution in [-0.4, -0.2) is 29.5 Å². The van der Waals surface area contributed by atoms with Gasteiger partial charge in [-0.1, -0.05) is 32.8 Å². The SMILES string of the molecule is CCCCN1CCCC[C@@H]1c1cccnc1NCCC. The number of nitrogens with zero attached hydrogens (tertiary/aromatic N) is 2. The standard InChI is InChI=1S/C17H29N3/c1-3-5-13-20-14-7-6-10-16(20)15-9-8-12-19-17(15)18-11-4-2/h8-9,12,16H,3-7,10-11,13-14H2,1-2H3,(H,18,19)/t16-/m1/s1. The Bertz CT molecular complexity index is 392. The zero-order valence-corrected chi connectivity index (χ0v) is 13.1. The average Bonchev–Trinajstić information content (AvgIpc) is 2.51. The molecule has 0 aromatic carbocycles.